The molecule has 0 spiro atoms. The molecule has 0 radical (unpaired) electrons. The predicted octanol–water partition coefficient (Wildman–Crippen LogP) is 3.78. The van der Waals surface area contributed by atoms with E-state index in [0.29, 0.717) is 11.3 Å². The molecule has 2 bridgehead atoms. The van der Waals surface area contributed by atoms with Gasteiger partial charge in [-0.25, -0.2) is 5.01 Å². The Morgan fingerprint density at radius 2 is 1.59 bits per heavy atom. The number of methoxy groups -OCH3 is 1. The summed E-state index contributed by atoms with van der Waals surface area (Å²) in [6, 6.07) is 11.7. The lowest BCUT2D eigenvalue weighted by Gasteiger charge is -2.35. The largest absolute Gasteiger partial charge is 0.497 e. The second kappa shape index (κ2) is 8.40. The van der Waals surface area contributed by atoms with Gasteiger partial charge in [-0.1, -0.05) is 35.9 Å². The van der Waals surface area contributed by atoms with E-state index in [1.807, 2.05) is 12.2 Å². The average molecular weight is 479 g/mol. The lowest BCUT2D eigenvalue weighted by molar-refractivity contribution is -0.157. The molecular formula is C26H23ClN2O5. The second-order valence-electron chi connectivity index (χ2n) is 8.89. The van der Waals surface area contributed by atoms with Crippen LogP contribution in [-0.2, 0) is 9.59 Å². The molecular weight excluding hydrogens is 456 g/mol. The molecule has 1 saturated carbocycles. The second-order valence-corrected chi connectivity index (χ2v) is 9.29. The van der Waals surface area contributed by atoms with Crippen molar-refractivity contribution < 1.29 is 23.9 Å². The van der Waals surface area contributed by atoms with Crippen molar-refractivity contribution in [3.63, 3.8) is 0 Å². The molecule has 2 fully saturated rings. The van der Waals surface area contributed by atoms with Crippen molar-refractivity contribution in [2.24, 2.45) is 23.7 Å². The molecule has 3 aliphatic rings. The molecule has 8 heteroatoms. The van der Waals surface area contributed by atoms with Crippen molar-refractivity contribution in [1.29, 1.82) is 0 Å². The fourth-order valence-corrected chi connectivity index (χ4v) is 5.62. The topological polar surface area (TPSA) is 84.0 Å². The zero-order valence-corrected chi connectivity index (χ0v) is 19.4. The zero-order valence-electron chi connectivity index (χ0n) is 18.7. The first kappa shape index (κ1) is 22.3. The normalized spacial score (nSPS) is 25.4. The fourth-order valence-electron chi connectivity index (χ4n) is 5.40. The van der Waals surface area contributed by atoms with E-state index in [2.05, 4.69) is 0 Å². The van der Waals surface area contributed by atoms with Gasteiger partial charge in [0.15, 0.2) is 5.78 Å². The van der Waals surface area contributed by atoms with Gasteiger partial charge >= 0.3 is 0 Å². The number of carbonyl (C=O) groups is 4. The highest BCUT2D eigenvalue weighted by Gasteiger charge is 2.61. The summed E-state index contributed by atoms with van der Waals surface area (Å²) >= 11 is 6.28. The number of imide groups is 1. The number of amides is 3. The van der Waals surface area contributed by atoms with E-state index in [1.165, 1.54) is 20.1 Å². The van der Waals surface area contributed by atoms with E-state index in [-0.39, 0.29) is 22.4 Å². The maximum absolute atomic E-state index is 13.7. The van der Waals surface area contributed by atoms with Crippen LogP contribution < -0.4 is 4.74 Å². The third-order valence-electron chi connectivity index (χ3n) is 7.10. The Hall–Kier alpha value is -3.45. The Labute approximate surface area is 201 Å². The standard InChI is InChI=1S/C26H23ClN2O5/c1-14(23(30)15-9-11-18(34-2)12-10-15)28(24(31)19-5-3-4-6-20(19)27)29-25(32)21-16-7-8-17(13-16)22(21)26(29)33/h3-12,14,16-17,21-22H,13H2,1-2H3/t14-,16-,17-,21-,22-/m0/s1. The smallest absolute Gasteiger partial charge is 0.275 e. The number of carbonyl (C=O) groups excluding carboxylic acids is 4. The highest BCUT2D eigenvalue weighted by Crippen LogP contribution is 2.53. The molecule has 34 heavy (non-hydrogen) atoms. The molecule has 0 unspecified atom stereocenters. The number of ketones is 1. The van der Waals surface area contributed by atoms with Crippen LogP contribution in [0.25, 0.3) is 0 Å². The number of ether oxygens (including phenoxy) is 1. The van der Waals surface area contributed by atoms with Crippen LogP contribution >= 0.6 is 11.6 Å². The summed E-state index contributed by atoms with van der Waals surface area (Å²) in [5.74, 6) is -2.47. The highest BCUT2D eigenvalue weighted by atomic mass is 35.5. The van der Waals surface area contributed by atoms with E-state index in [0.717, 1.165) is 16.4 Å². The third kappa shape index (κ3) is 3.34. The van der Waals surface area contributed by atoms with Gasteiger partial charge in [-0.05, 0) is 61.6 Å². The molecule has 3 amide bonds. The fraction of sp³-hybridized carbons (Fsp3) is 0.308. The Morgan fingerprint density at radius 3 is 2.15 bits per heavy atom. The summed E-state index contributed by atoms with van der Waals surface area (Å²) < 4.78 is 5.15. The first-order chi connectivity index (χ1) is 16.3. The number of hydrogen-bond donors (Lipinski definition) is 0. The molecule has 0 N–H and O–H groups in total. The number of hydrogen-bond acceptors (Lipinski definition) is 5. The van der Waals surface area contributed by atoms with Crippen LogP contribution in [0.1, 0.15) is 34.1 Å². The van der Waals surface area contributed by atoms with Gasteiger partial charge in [-0.15, -0.1) is 0 Å². The van der Waals surface area contributed by atoms with E-state index < -0.39 is 41.4 Å². The quantitative estimate of drug-likeness (QED) is 0.358. The number of nitrogens with zero attached hydrogens (tertiary/aromatic N) is 2. The molecule has 7 nitrogen and oxygen atoms in total. The Kier molecular flexibility index (Phi) is 5.52. The van der Waals surface area contributed by atoms with E-state index >= 15 is 0 Å². The molecule has 2 aromatic rings. The lowest BCUT2D eigenvalue weighted by Crippen LogP contribution is -2.57. The molecule has 1 heterocycles. The Balaban J connectivity index is 1.54. The molecule has 5 rings (SSSR count). The van der Waals surface area contributed by atoms with Crippen molar-refractivity contribution in [1.82, 2.24) is 10.0 Å². The minimum atomic E-state index is -1.13. The minimum absolute atomic E-state index is 0.0266. The number of rotatable bonds is 6. The molecule has 1 aliphatic heterocycles. The van der Waals surface area contributed by atoms with Gasteiger partial charge in [0, 0.05) is 5.56 Å². The number of allylic oxidation sites excluding steroid dienone is 2. The van der Waals surface area contributed by atoms with Crippen molar-refractivity contribution in [3.8, 4) is 5.75 Å². The summed E-state index contributed by atoms with van der Waals surface area (Å²) in [5, 5.41) is 2.07. The number of hydrazine groups is 1. The molecule has 2 aliphatic carbocycles. The van der Waals surface area contributed by atoms with Gasteiger partial charge in [-0.3, -0.25) is 19.2 Å². The highest BCUT2D eigenvalue weighted by molar-refractivity contribution is 6.34. The van der Waals surface area contributed by atoms with Crippen LogP contribution in [0.2, 0.25) is 5.02 Å². The number of fused-ring (bicyclic) bond motifs is 5. The van der Waals surface area contributed by atoms with Gasteiger partial charge in [0.2, 0.25) is 0 Å². The SMILES string of the molecule is COc1ccc(C(=O)[C@H](C)N(C(=O)c2ccccc2Cl)N2C(=O)[C@@H]3[C@@H](C2=O)[C@H]2C=C[C@H]3C2)cc1. The summed E-state index contributed by atoms with van der Waals surface area (Å²) in [7, 11) is 1.52. The van der Waals surface area contributed by atoms with Crippen LogP contribution in [0.4, 0.5) is 0 Å². The average Bonchev–Trinajstić information content (AvgIpc) is 3.54. The van der Waals surface area contributed by atoms with Gasteiger partial charge in [0.1, 0.15) is 11.8 Å². The summed E-state index contributed by atoms with van der Waals surface area (Å²) in [4.78, 5) is 54.2. The summed E-state index contributed by atoms with van der Waals surface area (Å²) in [6.07, 6.45) is 4.72. The van der Waals surface area contributed by atoms with Crippen molar-refractivity contribution >= 4 is 35.1 Å². The monoisotopic (exact) mass is 478 g/mol. The molecule has 174 valence electrons. The van der Waals surface area contributed by atoms with E-state index in [9.17, 15) is 19.2 Å². The van der Waals surface area contributed by atoms with Gasteiger partial charge in [0.05, 0.1) is 29.5 Å². The van der Waals surface area contributed by atoms with Gasteiger partial charge in [0.25, 0.3) is 17.7 Å². The van der Waals surface area contributed by atoms with Crippen molar-refractivity contribution in [2.45, 2.75) is 19.4 Å². The molecule has 5 atom stereocenters. The number of benzene rings is 2. The number of Topliss-reactive ketones (excluding diaryl/α,β-unsaturated/α-hetero) is 1. The van der Waals surface area contributed by atoms with E-state index in [4.69, 9.17) is 16.3 Å². The molecule has 1 saturated heterocycles. The van der Waals surface area contributed by atoms with E-state index in [1.54, 1.807) is 42.5 Å². The Bertz CT molecular complexity index is 1190. The number of halogens is 1. The van der Waals surface area contributed by atoms with Crippen LogP contribution in [0.3, 0.4) is 0 Å². The Morgan fingerprint density at radius 1 is 1.00 bits per heavy atom. The van der Waals surface area contributed by atoms with Crippen LogP contribution in [0, 0.1) is 23.7 Å². The lowest BCUT2D eigenvalue weighted by atomic mass is 9.85. The maximum atomic E-state index is 13.7. The molecule has 0 aromatic heterocycles. The van der Waals surface area contributed by atoms with Crippen molar-refractivity contribution in [2.75, 3.05) is 7.11 Å². The first-order valence-corrected chi connectivity index (χ1v) is 11.5. The predicted molar refractivity (Wildman–Crippen MR) is 124 cm³/mol. The zero-order chi connectivity index (χ0) is 24.1. The van der Waals surface area contributed by atoms with Crippen LogP contribution in [-0.4, -0.2) is 46.7 Å². The van der Waals surface area contributed by atoms with Crippen LogP contribution in [0.5, 0.6) is 5.75 Å². The van der Waals surface area contributed by atoms with Crippen LogP contribution in [0.15, 0.2) is 60.7 Å². The first-order valence-electron chi connectivity index (χ1n) is 11.2. The van der Waals surface area contributed by atoms with Gasteiger partial charge < -0.3 is 4.74 Å². The summed E-state index contributed by atoms with van der Waals surface area (Å²) in [5.41, 5.74) is 0.434. The summed E-state index contributed by atoms with van der Waals surface area (Å²) in [6.45, 7) is 1.52. The van der Waals surface area contributed by atoms with Gasteiger partial charge in [-0.2, -0.15) is 5.01 Å². The third-order valence-corrected chi connectivity index (χ3v) is 7.43. The minimum Gasteiger partial charge on any atom is -0.497 e. The van der Waals surface area contributed by atoms with Crippen molar-refractivity contribution in [3.05, 3.63) is 76.8 Å². The maximum Gasteiger partial charge on any atom is 0.275 e. The molecule has 2 aromatic carbocycles.